The predicted octanol–water partition coefficient (Wildman–Crippen LogP) is 4.37. The molecule has 0 bridgehead atoms. The Balaban J connectivity index is 1.77. The van der Waals surface area contributed by atoms with Crippen LogP contribution in [-0.4, -0.2) is 20.7 Å². The van der Waals surface area contributed by atoms with E-state index < -0.39 is 6.04 Å². The Bertz CT molecular complexity index is 865. The van der Waals surface area contributed by atoms with Crippen molar-refractivity contribution in [2.24, 2.45) is 0 Å². The van der Waals surface area contributed by atoms with Gasteiger partial charge in [-0.1, -0.05) is 6.07 Å². The van der Waals surface area contributed by atoms with Crippen LogP contribution in [-0.2, 0) is 11.3 Å². The number of nitrogens with zero attached hydrogens (tertiary/aromatic N) is 2. The van der Waals surface area contributed by atoms with Gasteiger partial charge in [0.15, 0.2) is 10.6 Å². The fourth-order valence-electron chi connectivity index (χ4n) is 2.13. The summed E-state index contributed by atoms with van der Waals surface area (Å²) >= 11 is 11.9. The van der Waals surface area contributed by atoms with E-state index in [9.17, 15) is 4.79 Å². The Morgan fingerprint density at radius 1 is 1.57 bits per heavy atom. The second kappa shape index (κ2) is 7.08. The number of halogens is 1. The van der Waals surface area contributed by atoms with E-state index in [0.717, 1.165) is 14.2 Å². The number of aromatic amines is 1. The summed E-state index contributed by atoms with van der Waals surface area (Å²) in [5.41, 5.74) is 0. The second-order valence-corrected chi connectivity index (χ2v) is 8.07. The van der Waals surface area contributed by atoms with Gasteiger partial charge in [0.1, 0.15) is 6.04 Å². The number of rotatable bonds is 5. The molecule has 1 unspecified atom stereocenters. The third-order valence-electron chi connectivity index (χ3n) is 3.27. The molecule has 3 rings (SSSR count). The van der Waals surface area contributed by atoms with Gasteiger partial charge < -0.3 is 5.32 Å². The monoisotopic (exact) mass is 428 g/mol. The smallest absolute Gasteiger partial charge is 0.243 e. The van der Waals surface area contributed by atoms with Gasteiger partial charge >= 0.3 is 0 Å². The second-order valence-electron chi connectivity index (χ2n) is 4.82. The number of hydrogen-bond acceptors (Lipinski definition) is 5. The topological polar surface area (TPSA) is 62.7 Å². The number of H-pyrrole nitrogens is 1. The lowest BCUT2D eigenvalue weighted by molar-refractivity contribution is -0.124. The maximum Gasteiger partial charge on any atom is 0.243 e. The molecule has 1 atom stereocenters. The summed E-state index contributed by atoms with van der Waals surface area (Å²) in [5.74, 6) is 0.594. The molecule has 0 aliphatic carbocycles. The number of hydrogen-bond donors (Lipinski definition) is 2. The van der Waals surface area contributed by atoms with E-state index in [1.54, 1.807) is 27.2 Å². The van der Waals surface area contributed by atoms with Crippen LogP contribution in [0.5, 0.6) is 0 Å². The maximum atomic E-state index is 12.5. The fourth-order valence-corrected chi connectivity index (χ4v) is 4.52. The molecule has 0 spiro atoms. The highest BCUT2D eigenvalue weighted by Gasteiger charge is 2.21. The van der Waals surface area contributed by atoms with Crippen LogP contribution < -0.4 is 5.32 Å². The average Bonchev–Trinajstić information content (AvgIpc) is 3.24. The molecule has 3 aromatic heterocycles. The van der Waals surface area contributed by atoms with E-state index in [0.29, 0.717) is 17.1 Å². The van der Waals surface area contributed by atoms with Gasteiger partial charge in [0.05, 0.1) is 11.4 Å². The van der Waals surface area contributed by atoms with Gasteiger partial charge in [-0.15, -0.1) is 22.7 Å². The predicted molar refractivity (Wildman–Crippen MR) is 99.3 cm³/mol. The number of amides is 1. The molecule has 0 saturated carbocycles. The summed E-state index contributed by atoms with van der Waals surface area (Å²) in [6, 6.07) is 5.46. The van der Waals surface area contributed by atoms with Crippen molar-refractivity contribution in [3.05, 3.63) is 43.1 Å². The molecule has 0 aliphatic rings. The van der Waals surface area contributed by atoms with Crippen molar-refractivity contribution < 1.29 is 4.79 Å². The van der Waals surface area contributed by atoms with Gasteiger partial charge in [0, 0.05) is 14.7 Å². The van der Waals surface area contributed by atoms with Crippen LogP contribution in [0.3, 0.4) is 0 Å². The van der Waals surface area contributed by atoms with Crippen molar-refractivity contribution in [2.45, 2.75) is 19.5 Å². The molecular formula is C14H13BrN4OS3. The standard InChI is InChI=1S/C14H13BrN4OS3/c1-8(13(20)16-6-10-5-9(15)7-23-10)19-12(17-18-14(19)21)11-3-2-4-22-11/h2-5,7-8H,6H2,1H3,(H,16,20)(H,18,21). The minimum absolute atomic E-state index is 0.0928. The van der Waals surface area contributed by atoms with E-state index in [1.807, 2.05) is 35.9 Å². The Kier molecular flexibility index (Phi) is 5.10. The fraction of sp³-hybridized carbons (Fsp3) is 0.214. The summed E-state index contributed by atoms with van der Waals surface area (Å²) in [4.78, 5) is 14.5. The molecule has 5 nitrogen and oxygen atoms in total. The summed E-state index contributed by atoms with van der Waals surface area (Å²) in [6.45, 7) is 2.32. The lowest BCUT2D eigenvalue weighted by Gasteiger charge is -2.14. The van der Waals surface area contributed by atoms with Crippen molar-refractivity contribution in [1.82, 2.24) is 20.1 Å². The first kappa shape index (κ1) is 16.6. The van der Waals surface area contributed by atoms with Crippen LogP contribution in [0.2, 0.25) is 0 Å². The number of thiophene rings is 2. The van der Waals surface area contributed by atoms with Gasteiger partial charge in [-0.3, -0.25) is 14.5 Å². The molecule has 0 aliphatic heterocycles. The van der Waals surface area contributed by atoms with Crippen molar-refractivity contribution >= 4 is 56.7 Å². The van der Waals surface area contributed by atoms with E-state index in [1.165, 1.54) is 0 Å². The Morgan fingerprint density at radius 2 is 2.39 bits per heavy atom. The molecule has 3 heterocycles. The first-order valence-electron chi connectivity index (χ1n) is 6.77. The summed E-state index contributed by atoms with van der Waals surface area (Å²) in [5, 5.41) is 13.9. The van der Waals surface area contributed by atoms with Crippen LogP contribution >= 0.6 is 50.8 Å². The summed E-state index contributed by atoms with van der Waals surface area (Å²) in [6.07, 6.45) is 0. The van der Waals surface area contributed by atoms with Crippen molar-refractivity contribution in [2.75, 3.05) is 0 Å². The summed E-state index contributed by atoms with van der Waals surface area (Å²) in [7, 11) is 0. The molecule has 0 aromatic carbocycles. The normalized spacial score (nSPS) is 12.3. The lowest BCUT2D eigenvalue weighted by Crippen LogP contribution is -2.30. The van der Waals surface area contributed by atoms with Gasteiger partial charge in [-0.2, -0.15) is 5.10 Å². The Morgan fingerprint density at radius 3 is 3.04 bits per heavy atom. The molecule has 1 amide bonds. The van der Waals surface area contributed by atoms with E-state index in [4.69, 9.17) is 12.2 Å². The van der Waals surface area contributed by atoms with Crippen LogP contribution in [0, 0.1) is 4.77 Å². The SMILES string of the molecule is CC(C(=O)NCc1cc(Br)cs1)n1c(-c2cccs2)n[nH]c1=S. The van der Waals surface area contributed by atoms with E-state index >= 15 is 0 Å². The zero-order valence-electron chi connectivity index (χ0n) is 12.1. The molecular weight excluding hydrogens is 416 g/mol. The van der Waals surface area contributed by atoms with Crippen molar-refractivity contribution in [3.8, 4) is 10.7 Å². The molecule has 23 heavy (non-hydrogen) atoms. The quantitative estimate of drug-likeness (QED) is 0.592. The minimum Gasteiger partial charge on any atom is -0.349 e. The molecule has 3 aromatic rings. The van der Waals surface area contributed by atoms with Crippen LogP contribution in [0.4, 0.5) is 0 Å². The van der Waals surface area contributed by atoms with Crippen LogP contribution in [0.15, 0.2) is 33.4 Å². The Labute approximate surface area is 154 Å². The highest BCUT2D eigenvalue weighted by atomic mass is 79.9. The van der Waals surface area contributed by atoms with Gasteiger partial charge in [-0.05, 0) is 52.6 Å². The molecule has 2 N–H and O–H groups in total. The third kappa shape index (κ3) is 3.63. The van der Waals surface area contributed by atoms with Crippen LogP contribution in [0.25, 0.3) is 10.7 Å². The largest absolute Gasteiger partial charge is 0.349 e. The number of carbonyl (C=O) groups is 1. The molecule has 120 valence electrons. The highest BCUT2D eigenvalue weighted by Crippen LogP contribution is 2.25. The zero-order chi connectivity index (χ0) is 16.4. The van der Waals surface area contributed by atoms with Gasteiger partial charge in [-0.25, -0.2) is 0 Å². The highest BCUT2D eigenvalue weighted by molar-refractivity contribution is 9.10. The number of aromatic nitrogens is 3. The summed E-state index contributed by atoms with van der Waals surface area (Å²) < 4.78 is 3.22. The minimum atomic E-state index is -0.443. The van der Waals surface area contributed by atoms with E-state index in [2.05, 4.69) is 31.4 Å². The molecule has 0 saturated heterocycles. The van der Waals surface area contributed by atoms with Gasteiger partial charge in [0.2, 0.25) is 5.91 Å². The number of nitrogens with one attached hydrogen (secondary N) is 2. The first-order valence-corrected chi connectivity index (χ1v) is 9.73. The molecule has 9 heteroatoms. The van der Waals surface area contributed by atoms with E-state index in [-0.39, 0.29) is 5.91 Å². The lowest BCUT2D eigenvalue weighted by atomic mass is 10.3. The zero-order valence-corrected chi connectivity index (χ0v) is 16.1. The average molecular weight is 429 g/mol. The van der Waals surface area contributed by atoms with Crippen LogP contribution in [0.1, 0.15) is 17.8 Å². The third-order valence-corrected chi connectivity index (χ3v) is 6.12. The maximum absolute atomic E-state index is 12.5. The Hall–Kier alpha value is -1.29. The van der Waals surface area contributed by atoms with Crippen molar-refractivity contribution in [1.29, 1.82) is 0 Å². The van der Waals surface area contributed by atoms with Gasteiger partial charge in [0.25, 0.3) is 0 Å². The molecule has 0 fully saturated rings. The van der Waals surface area contributed by atoms with Crippen molar-refractivity contribution in [3.63, 3.8) is 0 Å². The number of carbonyl (C=O) groups excluding carboxylic acids is 1. The first-order chi connectivity index (χ1) is 11.1. The molecule has 0 radical (unpaired) electrons.